The fraction of sp³-hybridized carbons (Fsp3) is 0.316. The molecule has 24 heavy (non-hydrogen) atoms. The van der Waals surface area contributed by atoms with Gasteiger partial charge in [-0.15, -0.1) is 0 Å². The van der Waals surface area contributed by atoms with Gasteiger partial charge in [-0.05, 0) is 30.5 Å². The highest BCUT2D eigenvalue weighted by Gasteiger charge is 2.33. The topological polar surface area (TPSA) is 70.6 Å². The Morgan fingerprint density at radius 1 is 1.21 bits per heavy atom. The van der Waals surface area contributed by atoms with Crippen LogP contribution in [0.25, 0.3) is 0 Å². The zero-order valence-electron chi connectivity index (χ0n) is 13.7. The second-order valence-corrected chi connectivity index (χ2v) is 5.81. The Balaban J connectivity index is 1.86. The predicted molar refractivity (Wildman–Crippen MR) is 92.8 cm³/mol. The number of anilines is 1. The van der Waals surface area contributed by atoms with E-state index >= 15 is 0 Å². The molecule has 0 saturated carbocycles. The summed E-state index contributed by atoms with van der Waals surface area (Å²) < 4.78 is 5.03. The fourth-order valence-electron chi connectivity index (χ4n) is 3.20. The lowest BCUT2D eigenvalue weighted by Gasteiger charge is -2.25. The second kappa shape index (κ2) is 7.36. The van der Waals surface area contributed by atoms with Crippen LogP contribution in [0.1, 0.15) is 29.7 Å². The molecule has 0 fully saturated rings. The molecule has 0 spiro atoms. The number of para-hydroxylation sites is 1. The molecule has 2 aromatic rings. The van der Waals surface area contributed by atoms with Crippen molar-refractivity contribution in [1.29, 1.82) is 0 Å². The number of aliphatic hydroxyl groups is 1. The van der Waals surface area contributed by atoms with Gasteiger partial charge in [-0.2, -0.15) is 0 Å². The van der Waals surface area contributed by atoms with Gasteiger partial charge in [0.2, 0.25) is 0 Å². The number of rotatable bonds is 5. The lowest BCUT2D eigenvalue weighted by Crippen LogP contribution is -2.40. The van der Waals surface area contributed by atoms with Crippen molar-refractivity contribution in [2.45, 2.75) is 32.0 Å². The molecule has 0 saturated heterocycles. The predicted octanol–water partition coefficient (Wildman–Crippen LogP) is 3.00. The average molecular weight is 326 g/mol. The van der Waals surface area contributed by atoms with Crippen molar-refractivity contribution in [2.75, 3.05) is 11.9 Å². The Morgan fingerprint density at radius 3 is 2.75 bits per heavy atom. The summed E-state index contributed by atoms with van der Waals surface area (Å²) in [6.07, 6.45) is 0.339. The smallest absolute Gasteiger partial charge is 0.407 e. The number of amides is 1. The van der Waals surface area contributed by atoms with Crippen LogP contribution in [0.3, 0.4) is 0 Å². The van der Waals surface area contributed by atoms with Crippen LogP contribution in [0, 0.1) is 0 Å². The number of alkyl carbamates (subject to hydrolysis) is 1. The lowest BCUT2D eigenvalue weighted by atomic mass is 10.1. The van der Waals surface area contributed by atoms with Crippen LogP contribution in [0.2, 0.25) is 0 Å². The molecular weight excluding hydrogens is 304 g/mol. The molecule has 0 heterocycles. The van der Waals surface area contributed by atoms with Crippen LogP contribution < -0.4 is 10.6 Å². The van der Waals surface area contributed by atoms with E-state index in [4.69, 9.17) is 4.74 Å². The van der Waals surface area contributed by atoms with Crippen molar-refractivity contribution in [3.05, 3.63) is 65.2 Å². The number of carbonyl (C=O) groups excluding carboxylic acids is 1. The molecule has 3 rings (SSSR count). The summed E-state index contributed by atoms with van der Waals surface area (Å²) in [5, 5.41) is 16.0. The van der Waals surface area contributed by atoms with Gasteiger partial charge in [0.1, 0.15) is 0 Å². The number of fused-ring (bicyclic) bond motifs is 1. The summed E-state index contributed by atoms with van der Waals surface area (Å²) in [6.45, 7) is 2.10. The van der Waals surface area contributed by atoms with Crippen LogP contribution in [-0.2, 0) is 17.8 Å². The molecule has 3 N–H and O–H groups in total. The summed E-state index contributed by atoms with van der Waals surface area (Å²) in [7, 11) is 0. The first-order valence-electron chi connectivity index (χ1n) is 8.19. The molecule has 2 unspecified atom stereocenters. The Hall–Kier alpha value is -2.53. The van der Waals surface area contributed by atoms with Gasteiger partial charge >= 0.3 is 6.09 Å². The molecule has 1 aliphatic rings. The summed E-state index contributed by atoms with van der Waals surface area (Å²) in [4.78, 5) is 11.9. The average Bonchev–Trinajstić information content (AvgIpc) is 2.93. The van der Waals surface area contributed by atoms with Crippen LogP contribution in [-0.4, -0.2) is 23.8 Å². The van der Waals surface area contributed by atoms with Crippen LogP contribution in [0.4, 0.5) is 10.5 Å². The highest BCUT2D eigenvalue weighted by Crippen LogP contribution is 2.35. The summed E-state index contributed by atoms with van der Waals surface area (Å²) in [5.74, 6) is 0. The minimum Gasteiger partial charge on any atom is -0.450 e. The third kappa shape index (κ3) is 3.36. The summed E-state index contributed by atoms with van der Waals surface area (Å²) in [6, 6.07) is 15.6. The molecular formula is C19H22N2O3. The van der Waals surface area contributed by atoms with E-state index in [1.54, 1.807) is 6.92 Å². The van der Waals surface area contributed by atoms with Gasteiger partial charge in [0, 0.05) is 11.3 Å². The molecule has 1 amide bonds. The number of carbonyl (C=O) groups is 1. The Morgan fingerprint density at radius 2 is 1.96 bits per heavy atom. The highest BCUT2D eigenvalue weighted by atomic mass is 16.5. The lowest BCUT2D eigenvalue weighted by molar-refractivity contribution is 0.147. The third-order valence-electron chi connectivity index (χ3n) is 4.31. The van der Waals surface area contributed by atoms with E-state index in [0.717, 1.165) is 23.2 Å². The maximum Gasteiger partial charge on any atom is 0.407 e. The molecule has 0 aromatic heterocycles. The Labute approximate surface area is 141 Å². The monoisotopic (exact) mass is 326 g/mol. The maximum absolute atomic E-state index is 11.9. The molecule has 1 aliphatic carbocycles. The molecule has 0 radical (unpaired) electrons. The maximum atomic E-state index is 11.9. The zero-order chi connectivity index (χ0) is 16.9. The van der Waals surface area contributed by atoms with Gasteiger partial charge in [0.05, 0.1) is 25.3 Å². The molecule has 2 atom stereocenters. The van der Waals surface area contributed by atoms with Gasteiger partial charge in [0.15, 0.2) is 0 Å². The van der Waals surface area contributed by atoms with Crippen LogP contribution >= 0.6 is 0 Å². The first kappa shape index (κ1) is 16.3. The number of aliphatic hydroxyl groups excluding tert-OH is 1. The molecule has 126 valence electrons. The number of hydrogen-bond donors (Lipinski definition) is 3. The van der Waals surface area contributed by atoms with Gasteiger partial charge < -0.3 is 20.5 Å². The summed E-state index contributed by atoms with van der Waals surface area (Å²) >= 11 is 0. The van der Waals surface area contributed by atoms with E-state index in [9.17, 15) is 9.90 Å². The van der Waals surface area contributed by atoms with Crippen molar-refractivity contribution >= 4 is 11.8 Å². The number of hydrogen-bond acceptors (Lipinski definition) is 4. The Kier molecular flexibility index (Phi) is 5.01. The molecule has 0 bridgehead atoms. The first-order chi connectivity index (χ1) is 11.7. The van der Waals surface area contributed by atoms with Crippen LogP contribution in [0.5, 0.6) is 0 Å². The second-order valence-electron chi connectivity index (χ2n) is 5.81. The number of benzene rings is 2. The van der Waals surface area contributed by atoms with Crippen molar-refractivity contribution in [1.82, 2.24) is 5.32 Å². The fourth-order valence-corrected chi connectivity index (χ4v) is 3.20. The van der Waals surface area contributed by atoms with Gasteiger partial charge in [-0.25, -0.2) is 4.79 Å². The van der Waals surface area contributed by atoms with E-state index in [-0.39, 0.29) is 18.7 Å². The minimum absolute atomic E-state index is 0.0342. The van der Waals surface area contributed by atoms with E-state index < -0.39 is 6.09 Å². The van der Waals surface area contributed by atoms with E-state index in [1.807, 2.05) is 36.4 Å². The number of nitrogens with one attached hydrogen (secondary N) is 2. The normalized spacial score (nSPS) is 18.8. The van der Waals surface area contributed by atoms with Crippen molar-refractivity contribution < 1.29 is 14.6 Å². The standard InChI is InChI=1S/C19H22N2O3/c1-2-24-19(23)21-17-11-13-7-3-5-9-15(13)18(17)20-16-10-6-4-8-14(16)12-22/h3-10,17-18,20,22H,2,11-12H2,1H3,(H,21,23). The molecule has 2 aromatic carbocycles. The Bertz CT molecular complexity index is 717. The minimum atomic E-state index is -0.405. The molecule has 5 nitrogen and oxygen atoms in total. The molecule has 5 heteroatoms. The zero-order valence-corrected chi connectivity index (χ0v) is 13.7. The van der Waals surface area contributed by atoms with Crippen molar-refractivity contribution in [3.63, 3.8) is 0 Å². The highest BCUT2D eigenvalue weighted by molar-refractivity contribution is 5.68. The van der Waals surface area contributed by atoms with E-state index in [0.29, 0.717) is 6.61 Å². The van der Waals surface area contributed by atoms with Crippen LogP contribution in [0.15, 0.2) is 48.5 Å². The SMILES string of the molecule is CCOC(=O)NC1Cc2ccccc2C1Nc1ccccc1CO. The quantitative estimate of drug-likeness (QED) is 0.790. The molecule has 0 aliphatic heterocycles. The van der Waals surface area contributed by atoms with E-state index in [1.165, 1.54) is 5.56 Å². The van der Waals surface area contributed by atoms with Crippen molar-refractivity contribution in [3.8, 4) is 0 Å². The number of ether oxygens (including phenoxy) is 1. The summed E-state index contributed by atoms with van der Waals surface area (Å²) in [5.41, 5.74) is 4.07. The van der Waals surface area contributed by atoms with E-state index in [2.05, 4.69) is 22.8 Å². The van der Waals surface area contributed by atoms with Crippen molar-refractivity contribution in [2.24, 2.45) is 0 Å². The first-order valence-corrected chi connectivity index (χ1v) is 8.19. The largest absolute Gasteiger partial charge is 0.450 e. The third-order valence-corrected chi connectivity index (χ3v) is 4.31. The van der Waals surface area contributed by atoms with Gasteiger partial charge in [0.25, 0.3) is 0 Å². The van der Waals surface area contributed by atoms with Gasteiger partial charge in [-0.3, -0.25) is 0 Å². The van der Waals surface area contributed by atoms with Gasteiger partial charge in [-0.1, -0.05) is 42.5 Å².